The van der Waals surface area contributed by atoms with E-state index in [2.05, 4.69) is 41.5 Å². The van der Waals surface area contributed by atoms with Gasteiger partial charge >= 0.3 is 0 Å². The Morgan fingerprint density at radius 3 is 2.70 bits per heavy atom. The normalized spacial score (nSPS) is 14.1. The van der Waals surface area contributed by atoms with Crippen LogP contribution in [0, 0.1) is 0 Å². The SMILES string of the molecule is C=C/C(=C\N(C)C)c1cnc2n1CCNC2.CCCC. The number of nitrogens with one attached hydrogen (secondary N) is 1. The molecule has 4 heteroatoms. The zero-order valence-corrected chi connectivity index (χ0v) is 13.3. The van der Waals surface area contributed by atoms with E-state index < -0.39 is 0 Å². The Labute approximate surface area is 123 Å². The highest BCUT2D eigenvalue weighted by atomic mass is 15.2. The number of allylic oxidation sites excluding steroid dienone is 2. The van der Waals surface area contributed by atoms with E-state index in [1.165, 1.54) is 12.8 Å². The van der Waals surface area contributed by atoms with Crippen LogP contribution in [0.5, 0.6) is 0 Å². The van der Waals surface area contributed by atoms with Crippen LogP contribution in [0.25, 0.3) is 5.57 Å². The first-order valence-corrected chi connectivity index (χ1v) is 7.40. The Morgan fingerprint density at radius 2 is 2.15 bits per heavy atom. The summed E-state index contributed by atoms with van der Waals surface area (Å²) in [6, 6.07) is 0. The lowest BCUT2D eigenvalue weighted by Gasteiger charge is -2.18. The van der Waals surface area contributed by atoms with Gasteiger partial charge in [0.1, 0.15) is 5.82 Å². The van der Waals surface area contributed by atoms with Gasteiger partial charge in [-0.05, 0) is 0 Å². The zero-order valence-electron chi connectivity index (χ0n) is 13.3. The highest BCUT2D eigenvalue weighted by molar-refractivity contribution is 5.71. The van der Waals surface area contributed by atoms with Crippen LogP contribution in [0.4, 0.5) is 0 Å². The molecule has 112 valence electrons. The molecule has 0 atom stereocenters. The summed E-state index contributed by atoms with van der Waals surface area (Å²) < 4.78 is 2.26. The minimum Gasteiger partial charge on any atom is -0.383 e. The van der Waals surface area contributed by atoms with Crippen LogP contribution in [0.1, 0.15) is 38.2 Å². The summed E-state index contributed by atoms with van der Waals surface area (Å²) >= 11 is 0. The molecular weight excluding hydrogens is 248 g/mol. The van der Waals surface area contributed by atoms with Crippen molar-refractivity contribution in [3.63, 3.8) is 0 Å². The third-order valence-electron chi connectivity index (χ3n) is 3.15. The van der Waals surface area contributed by atoms with Crippen LogP contribution in [0.3, 0.4) is 0 Å². The molecule has 0 saturated heterocycles. The Morgan fingerprint density at radius 1 is 1.45 bits per heavy atom. The van der Waals surface area contributed by atoms with Crippen molar-refractivity contribution in [1.29, 1.82) is 0 Å². The van der Waals surface area contributed by atoms with E-state index in [1.54, 1.807) is 0 Å². The van der Waals surface area contributed by atoms with Crippen molar-refractivity contribution in [2.24, 2.45) is 0 Å². The monoisotopic (exact) mass is 276 g/mol. The topological polar surface area (TPSA) is 33.1 Å². The standard InChI is InChI=1S/C12H18N4.C4H10/c1-4-10(9-15(2)3)11-7-14-12-8-13-5-6-16(11)12;1-3-4-2/h4,7,9,13H,1,5-6,8H2,2-3H3;3-4H2,1-2H3/b10-9+;. The van der Waals surface area contributed by atoms with E-state index in [0.29, 0.717) is 0 Å². The quantitative estimate of drug-likeness (QED) is 0.858. The average molecular weight is 276 g/mol. The van der Waals surface area contributed by atoms with Crippen LogP contribution in [-0.4, -0.2) is 35.1 Å². The lowest BCUT2D eigenvalue weighted by atomic mass is 10.2. The zero-order chi connectivity index (χ0) is 15.0. The van der Waals surface area contributed by atoms with Gasteiger partial charge in [0.25, 0.3) is 0 Å². The first kappa shape index (κ1) is 16.5. The van der Waals surface area contributed by atoms with Gasteiger partial charge in [-0.25, -0.2) is 4.98 Å². The smallest absolute Gasteiger partial charge is 0.123 e. The van der Waals surface area contributed by atoms with Crippen LogP contribution in [0.2, 0.25) is 0 Å². The molecule has 1 aromatic heterocycles. The van der Waals surface area contributed by atoms with Crippen molar-refractivity contribution in [1.82, 2.24) is 19.8 Å². The van der Waals surface area contributed by atoms with Gasteiger partial charge in [-0.15, -0.1) is 0 Å². The fourth-order valence-corrected chi connectivity index (χ4v) is 1.93. The van der Waals surface area contributed by atoms with Gasteiger partial charge in [0.15, 0.2) is 0 Å². The van der Waals surface area contributed by atoms with Crippen LogP contribution in [-0.2, 0) is 13.1 Å². The predicted octanol–water partition coefficient (Wildman–Crippen LogP) is 2.88. The molecule has 0 bridgehead atoms. The van der Waals surface area contributed by atoms with E-state index in [-0.39, 0.29) is 0 Å². The Balaban J connectivity index is 0.000000444. The molecule has 0 unspecified atom stereocenters. The number of rotatable bonds is 4. The third-order valence-corrected chi connectivity index (χ3v) is 3.15. The third kappa shape index (κ3) is 4.53. The second-order valence-corrected chi connectivity index (χ2v) is 5.14. The van der Waals surface area contributed by atoms with Crippen molar-refractivity contribution in [3.05, 3.63) is 36.6 Å². The van der Waals surface area contributed by atoms with Crippen molar-refractivity contribution in [2.75, 3.05) is 20.6 Å². The first-order valence-electron chi connectivity index (χ1n) is 7.40. The van der Waals surface area contributed by atoms with E-state index in [0.717, 1.165) is 36.7 Å². The molecule has 2 rings (SSSR count). The number of nitrogens with zero attached hydrogens (tertiary/aromatic N) is 3. The van der Waals surface area contributed by atoms with Gasteiger partial charge in [-0.1, -0.05) is 39.3 Å². The van der Waals surface area contributed by atoms with Crippen LogP contribution < -0.4 is 5.32 Å². The van der Waals surface area contributed by atoms with E-state index in [9.17, 15) is 0 Å². The molecule has 0 saturated carbocycles. The fraction of sp³-hybridized carbons (Fsp3) is 0.562. The Hall–Kier alpha value is -1.55. The molecule has 0 amide bonds. The maximum atomic E-state index is 4.43. The van der Waals surface area contributed by atoms with Gasteiger partial charge in [0.2, 0.25) is 0 Å². The molecule has 1 aliphatic heterocycles. The highest BCUT2D eigenvalue weighted by Crippen LogP contribution is 2.19. The highest BCUT2D eigenvalue weighted by Gasteiger charge is 2.14. The number of imidazole rings is 1. The molecule has 0 radical (unpaired) electrons. The van der Waals surface area contributed by atoms with Gasteiger partial charge < -0.3 is 14.8 Å². The first-order chi connectivity index (χ1) is 9.63. The summed E-state index contributed by atoms with van der Waals surface area (Å²) in [4.78, 5) is 6.45. The number of fused-ring (bicyclic) bond motifs is 1. The summed E-state index contributed by atoms with van der Waals surface area (Å²) in [7, 11) is 4.02. The maximum Gasteiger partial charge on any atom is 0.123 e. The Kier molecular flexibility index (Phi) is 7.09. The maximum absolute atomic E-state index is 4.43. The van der Waals surface area contributed by atoms with Gasteiger partial charge in [0.05, 0.1) is 18.4 Å². The lowest BCUT2D eigenvalue weighted by molar-refractivity contribution is 0.502. The van der Waals surface area contributed by atoms with Crippen LogP contribution >= 0.6 is 0 Å². The van der Waals surface area contributed by atoms with E-state index >= 15 is 0 Å². The second kappa shape index (κ2) is 8.59. The minimum atomic E-state index is 0.854. The van der Waals surface area contributed by atoms with Crippen molar-refractivity contribution >= 4 is 5.57 Å². The molecule has 2 heterocycles. The minimum absolute atomic E-state index is 0.854. The summed E-state index contributed by atoms with van der Waals surface area (Å²) in [5.74, 6) is 1.10. The molecule has 20 heavy (non-hydrogen) atoms. The molecule has 1 aliphatic rings. The van der Waals surface area contributed by atoms with Crippen molar-refractivity contribution < 1.29 is 0 Å². The van der Waals surface area contributed by atoms with E-state index in [4.69, 9.17) is 0 Å². The lowest BCUT2D eigenvalue weighted by Crippen LogP contribution is -2.29. The molecule has 1 N–H and O–H groups in total. The molecule has 0 aromatic carbocycles. The molecular formula is C16H28N4. The second-order valence-electron chi connectivity index (χ2n) is 5.14. The van der Waals surface area contributed by atoms with E-state index in [1.807, 2.05) is 31.3 Å². The van der Waals surface area contributed by atoms with Gasteiger partial charge in [-0.2, -0.15) is 0 Å². The molecule has 0 spiro atoms. The number of hydrogen-bond acceptors (Lipinski definition) is 3. The average Bonchev–Trinajstić information content (AvgIpc) is 2.88. The predicted molar refractivity (Wildman–Crippen MR) is 86.4 cm³/mol. The number of aromatic nitrogens is 2. The van der Waals surface area contributed by atoms with Gasteiger partial charge in [0, 0.05) is 39.0 Å². The number of hydrogen-bond donors (Lipinski definition) is 1. The molecule has 4 nitrogen and oxygen atoms in total. The van der Waals surface area contributed by atoms with Crippen molar-refractivity contribution in [3.8, 4) is 0 Å². The van der Waals surface area contributed by atoms with Gasteiger partial charge in [-0.3, -0.25) is 0 Å². The Bertz CT molecular complexity index is 441. The largest absolute Gasteiger partial charge is 0.383 e. The summed E-state index contributed by atoms with van der Waals surface area (Å²) in [5.41, 5.74) is 2.27. The van der Waals surface area contributed by atoms with Crippen molar-refractivity contribution in [2.45, 2.75) is 39.8 Å². The van der Waals surface area contributed by atoms with Crippen LogP contribution in [0.15, 0.2) is 25.1 Å². The summed E-state index contributed by atoms with van der Waals surface area (Å²) in [5, 5.41) is 3.31. The summed E-state index contributed by atoms with van der Waals surface area (Å²) in [6.07, 6.45) is 8.52. The summed E-state index contributed by atoms with van der Waals surface area (Å²) in [6.45, 7) is 11.1. The molecule has 0 aliphatic carbocycles. The molecule has 1 aromatic rings. The number of unbranched alkanes of at least 4 members (excludes halogenated alkanes) is 1. The fourth-order valence-electron chi connectivity index (χ4n) is 1.93. The molecule has 0 fully saturated rings.